The van der Waals surface area contributed by atoms with Crippen molar-refractivity contribution in [1.29, 1.82) is 0 Å². The van der Waals surface area contributed by atoms with E-state index in [4.69, 9.17) is 16.3 Å². The molecule has 0 N–H and O–H groups in total. The summed E-state index contributed by atoms with van der Waals surface area (Å²) in [6.07, 6.45) is -3.56. The van der Waals surface area contributed by atoms with Crippen LogP contribution < -0.4 is 4.74 Å². The van der Waals surface area contributed by atoms with Gasteiger partial charge in [0.2, 0.25) is 0 Å². The molecule has 0 fully saturated rings. The highest BCUT2D eigenvalue weighted by atomic mass is 79.9. The van der Waals surface area contributed by atoms with E-state index in [2.05, 4.69) is 20.7 Å². The first kappa shape index (κ1) is 14.9. The van der Waals surface area contributed by atoms with E-state index in [1.165, 1.54) is 0 Å². The third kappa shape index (κ3) is 4.00. The van der Waals surface area contributed by atoms with Crippen LogP contribution in [0.4, 0.5) is 13.2 Å². The van der Waals surface area contributed by atoms with Gasteiger partial charge in [0.15, 0.2) is 0 Å². The molecule has 19 heavy (non-hydrogen) atoms. The lowest BCUT2D eigenvalue weighted by molar-refractivity contribution is -0.173. The maximum absolute atomic E-state index is 12.0. The molecule has 0 saturated carbocycles. The number of hydrogen-bond acceptors (Lipinski definition) is 2. The van der Waals surface area contributed by atoms with Gasteiger partial charge in [0.25, 0.3) is 0 Å². The fourth-order valence-electron chi connectivity index (χ4n) is 1.90. The fraction of sp³-hybridized carbons (Fsp3) is 0.500. The maximum Gasteiger partial charge on any atom is 0.411 e. The van der Waals surface area contributed by atoms with Crippen molar-refractivity contribution < 1.29 is 22.6 Å². The van der Waals surface area contributed by atoms with Gasteiger partial charge in [-0.1, -0.05) is 27.5 Å². The first-order valence-corrected chi connectivity index (χ1v) is 6.90. The van der Waals surface area contributed by atoms with Crippen LogP contribution in [0.15, 0.2) is 12.1 Å². The SMILES string of the molecule is FC(F)(F)COCC(Br)c1cc(Cl)cc2c1OCC2. The highest BCUT2D eigenvalue weighted by molar-refractivity contribution is 9.09. The Morgan fingerprint density at radius 1 is 1.42 bits per heavy atom. The van der Waals surface area contributed by atoms with E-state index >= 15 is 0 Å². The van der Waals surface area contributed by atoms with Crippen LogP contribution in [0.1, 0.15) is 16.0 Å². The summed E-state index contributed by atoms with van der Waals surface area (Å²) >= 11 is 9.29. The monoisotopic (exact) mass is 358 g/mol. The average molecular weight is 360 g/mol. The molecule has 106 valence electrons. The van der Waals surface area contributed by atoms with E-state index in [0.717, 1.165) is 17.5 Å². The quantitative estimate of drug-likeness (QED) is 0.747. The Labute approximate surface area is 122 Å². The van der Waals surface area contributed by atoms with Crippen molar-refractivity contribution >= 4 is 27.5 Å². The van der Waals surface area contributed by atoms with Crippen molar-refractivity contribution in [3.05, 3.63) is 28.3 Å². The molecular weight excluding hydrogens is 348 g/mol. The molecule has 0 radical (unpaired) electrons. The van der Waals surface area contributed by atoms with Gasteiger partial charge < -0.3 is 9.47 Å². The lowest BCUT2D eigenvalue weighted by atomic mass is 10.1. The van der Waals surface area contributed by atoms with Crippen molar-refractivity contribution in [2.75, 3.05) is 19.8 Å². The van der Waals surface area contributed by atoms with Crippen molar-refractivity contribution in [3.8, 4) is 5.75 Å². The van der Waals surface area contributed by atoms with Crippen molar-refractivity contribution in [2.24, 2.45) is 0 Å². The second kappa shape index (κ2) is 5.89. The Morgan fingerprint density at radius 2 is 2.16 bits per heavy atom. The van der Waals surface area contributed by atoms with Gasteiger partial charge in [0, 0.05) is 17.0 Å². The number of benzene rings is 1. The van der Waals surface area contributed by atoms with Gasteiger partial charge in [-0.2, -0.15) is 13.2 Å². The average Bonchev–Trinajstić information content (AvgIpc) is 2.73. The van der Waals surface area contributed by atoms with Crippen molar-refractivity contribution in [1.82, 2.24) is 0 Å². The molecule has 0 spiro atoms. The summed E-state index contributed by atoms with van der Waals surface area (Å²) in [5.41, 5.74) is 1.70. The van der Waals surface area contributed by atoms with Gasteiger partial charge in [-0.05, 0) is 17.7 Å². The molecule has 0 bridgehead atoms. The lowest BCUT2D eigenvalue weighted by Crippen LogP contribution is -2.18. The van der Waals surface area contributed by atoms with E-state index in [9.17, 15) is 13.2 Å². The van der Waals surface area contributed by atoms with E-state index in [-0.39, 0.29) is 11.4 Å². The van der Waals surface area contributed by atoms with Crippen LogP contribution in [-0.4, -0.2) is 26.0 Å². The zero-order chi connectivity index (χ0) is 14.0. The summed E-state index contributed by atoms with van der Waals surface area (Å²) in [6, 6.07) is 3.49. The number of ether oxygens (including phenoxy) is 2. The Kier molecular flexibility index (Phi) is 4.63. The van der Waals surface area contributed by atoms with Crippen LogP contribution in [0.5, 0.6) is 5.75 Å². The minimum Gasteiger partial charge on any atom is -0.493 e. The third-order valence-corrected chi connectivity index (χ3v) is 3.62. The van der Waals surface area contributed by atoms with E-state index < -0.39 is 12.8 Å². The molecule has 7 heteroatoms. The first-order chi connectivity index (χ1) is 8.87. The largest absolute Gasteiger partial charge is 0.493 e. The van der Waals surface area contributed by atoms with Gasteiger partial charge >= 0.3 is 6.18 Å². The predicted molar refractivity (Wildman–Crippen MR) is 69.2 cm³/mol. The summed E-state index contributed by atoms with van der Waals surface area (Å²) in [5, 5.41) is 0.541. The standard InChI is InChI=1S/C12H11BrClF3O2/c13-10(5-18-6-12(15,16)17)9-4-8(14)3-7-1-2-19-11(7)9/h3-4,10H,1-2,5-6H2. The predicted octanol–water partition coefficient (Wildman–Crippen LogP) is 4.29. The van der Waals surface area contributed by atoms with Gasteiger partial charge in [-0.15, -0.1) is 0 Å². The van der Waals surface area contributed by atoms with Gasteiger partial charge in [-0.3, -0.25) is 0 Å². The minimum absolute atomic E-state index is 0.102. The van der Waals surface area contributed by atoms with Crippen LogP contribution in [0, 0.1) is 0 Å². The summed E-state index contributed by atoms with van der Waals surface area (Å²) in [5.74, 6) is 0.696. The Balaban J connectivity index is 2.05. The second-order valence-corrected chi connectivity index (χ2v) is 5.72. The summed E-state index contributed by atoms with van der Waals surface area (Å²) < 4.78 is 46.1. The molecule has 1 unspecified atom stereocenters. The highest BCUT2D eigenvalue weighted by Crippen LogP contribution is 2.39. The fourth-order valence-corrected chi connectivity index (χ4v) is 2.67. The molecule has 1 aliphatic heterocycles. The normalized spacial score (nSPS) is 16.1. The molecule has 0 aliphatic carbocycles. The van der Waals surface area contributed by atoms with E-state index in [0.29, 0.717) is 17.4 Å². The summed E-state index contributed by atoms with van der Waals surface area (Å²) in [4.78, 5) is -0.389. The molecule has 1 aromatic rings. The highest BCUT2D eigenvalue weighted by Gasteiger charge is 2.28. The van der Waals surface area contributed by atoms with Crippen molar-refractivity contribution in [2.45, 2.75) is 17.4 Å². The number of alkyl halides is 4. The van der Waals surface area contributed by atoms with Crippen LogP contribution in [-0.2, 0) is 11.2 Å². The molecule has 1 aliphatic rings. The smallest absolute Gasteiger partial charge is 0.411 e. The molecule has 0 aromatic heterocycles. The van der Waals surface area contributed by atoms with Crippen LogP contribution in [0.2, 0.25) is 5.02 Å². The molecule has 0 amide bonds. The van der Waals surface area contributed by atoms with E-state index in [1.54, 1.807) is 6.07 Å². The number of halogens is 5. The van der Waals surface area contributed by atoms with Crippen LogP contribution in [0.3, 0.4) is 0 Å². The number of fused-ring (bicyclic) bond motifs is 1. The summed E-state index contributed by atoms with van der Waals surface area (Å²) in [6.45, 7) is -0.805. The van der Waals surface area contributed by atoms with Gasteiger partial charge in [0.05, 0.1) is 18.0 Å². The Bertz CT molecular complexity index is 465. The lowest BCUT2D eigenvalue weighted by Gasteiger charge is -2.15. The Hall–Kier alpha value is -0.460. The topological polar surface area (TPSA) is 18.5 Å². The zero-order valence-corrected chi connectivity index (χ0v) is 12.1. The van der Waals surface area contributed by atoms with E-state index in [1.807, 2.05) is 6.07 Å². The molecule has 0 saturated heterocycles. The molecular formula is C12H11BrClF3O2. The molecule has 1 heterocycles. The Morgan fingerprint density at radius 3 is 2.84 bits per heavy atom. The third-order valence-electron chi connectivity index (χ3n) is 2.64. The summed E-state index contributed by atoms with van der Waals surface area (Å²) in [7, 11) is 0. The van der Waals surface area contributed by atoms with Crippen LogP contribution >= 0.6 is 27.5 Å². The van der Waals surface area contributed by atoms with Gasteiger partial charge in [0.1, 0.15) is 12.4 Å². The van der Waals surface area contributed by atoms with Gasteiger partial charge in [-0.25, -0.2) is 0 Å². The molecule has 1 atom stereocenters. The van der Waals surface area contributed by atoms with Crippen LogP contribution in [0.25, 0.3) is 0 Å². The van der Waals surface area contributed by atoms with Crippen molar-refractivity contribution in [3.63, 3.8) is 0 Å². The zero-order valence-electron chi connectivity index (χ0n) is 9.77. The molecule has 2 rings (SSSR count). The number of rotatable bonds is 4. The molecule has 1 aromatic carbocycles. The second-order valence-electron chi connectivity index (χ2n) is 4.18. The minimum atomic E-state index is -4.32. The number of hydrogen-bond donors (Lipinski definition) is 0. The first-order valence-electron chi connectivity index (χ1n) is 5.60. The molecule has 2 nitrogen and oxygen atoms in total. The maximum atomic E-state index is 12.0.